The average Bonchev–Trinajstić information content (AvgIpc) is 3.32. The summed E-state index contributed by atoms with van der Waals surface area (Å²) in [5.74, 6) is 1.42. The van der Waals surface area contributed by atoms with Crippen LogP contribution in [0.25, 0.3) is 22.6 Å². The minimum Gasteiger partial charge on any atom is -0.492 e. The molecule has 0 radical (unpaired) electrons. The van der Waals surface area contributed by atoms with E-state index in [0.29, 0.717) is 18.1 Å². The van der Waals surface area contributed by atoms with Gasteiger partial charge in [-0.05, 0) is 69.6 Å². The number of ether oxygens (including phenoxy) is 2. The first-order valence-electron chi connectivity index (χ1n) is 11.6. The highest BCUT2D eigenvalue weighted by Gasteiger charge is 2.51. The quantitative estimate of drug-likeness (QED) is 0.533. The molecular weight excluding hydrogens is 419 g/mol. The van der Waals surface area contributed by atoms with Crippen molar-refractivity contribution in [2.24, 2.45) is 0 Å². The standard InChI is InChI=1S/C25H31BN2O5/c1-24(2)25(3,4)33-26(32-24)19-7-10-21-22(17-19)31-23(27-21)18-5-8-20(9-6-18)30-16-13-28-11-14-29-15-12-28/h5-10,17H,11-16H2,1-4H3. The van der Waals surface area contributed by atoms with Crippen molar-refractivity contribution in [3.8, 4) is 17.2 Å². The van der Waals surface area contributed by atoms with Crippen molar-refractivity contribution in [1.29, 1.82) is 0 Å². The minimum atomic E-state index is -0.429. The summed E-state index contributed by atoms with van der Waals surface area (Å²) in [6, 6.07) is 13.8. The van der Waals surface area contributed by atoms with Crippen LogP contribution < -0.4 is 10.2 Å². The summed E-state index contributed by atoms with van der Waals surface area (Å²) in [4.78, 5) is 7.01. The Kier molecular flexibility index (Phi) is 5.95. The number of nitrogens with zero attached hydrogens (tertiary/aromatic N) is 2. The van der Waals surface area contributed by atoms with Gasteiger partial charge in [-0.2, -0.15) is 0 Å². The Hall–Kier alpha value is -2.39. The van der Waals surface area contributed by atoms with Gasteiger partial charge in [-0.3, -0.25) is 4.90 Å². The molecule has 2 aromatic carbocycles. The molecule has 174 valence electrons. The first-order chi connectivity index (χ1) is 15.8. The predicted octanol–water partition coefficient (Wildman–Crippen LogP) is 3.51. The van der Waals surface area contributed by atoms with Gasteiger partial charge in [0, 0.05) is 25.2 Å². The van der Waals surface area contributed by atoms with Gasteiger partial charge in [0.05, 0.1) is 24.4 Å². The van der Waals surface area contributed by atoms with Gasteiger partial charge in [0.15, 0.2) is 5.58 Å². The van der Waals surface area contributed by atoms with Crippen molar-refractivity contribution in [2.45, 2.75) is 38.9 Å². The van der Waals surface area contributed by atoms with Gasteiger partial charge >= 0.3 is 7.12 Å². The van der Waals surface area contributed by atoms with E-state index in [4.69, 9.17) is 23.2 Å². The Morgan fingerprint density at radius 1 is 0.970 bits per heavy atom. The van der Waals surface area contributed by atoms with E-state index >= 15 is 0 Å². The maximum Gasteiger partial charge on any atom is 0.494 e. The van der Waals surface area contributed by atoms with Crippen LogP contribution in [0.2, 0.25) is 0 Å². The second-order valence-corrected chi connectivity index (χ2v) is 9.66. The minimum absolute atomic E-state index is 0.384. The molecule has 2 aliphatic rings. The zero-order valence-corrected chi connectivity index (χ0v) is 19.8. The molecule has 3 aromatic rings. The molecule has 0 N–H and O–H groups in total. The highest BCUT2D eigenvalue weighted by Crippen LogP contribution is 2.36. The van der Waals surface area contributed by atoms with Crippen molar-refractivity contribution >= 4 is 23.7 Å². The average molecular weight is 450 g/mol. The molecule has 5 rings (SSSR count). The van der Waals surface area contributed by atoms with E-state index in [0.717, 1.165) is 55.1 Å². The maximum absolute atomic E-state index is 6.17. The van der Waals surface area contributed by atoms with Crippen molar-refractivity contribution in [3.63, 3.8) is 0 Å². The summed E-state index contributed by atoms with van der Waals surface area (Å²) in [6.45, 7) is 13.3. The summed E-state index contributed by atoms with van der Waals surface area (Å²) in [6.07, 6.45) is 0. The van der Waals surface area contributed by atoms with Gasteiger partial charge in [0.25, 0.3) is 0 Å². The molecule has 2 fully saturated rings. The molecule has 0 unspecified atom stereocenters. The van der Waals surface area contributed by atoms with Crippen molar-refractivity contribution in [2.75, 3.05) is 39.5 Å². The van der Waals surface area contributed by atoms with E-state index in [1.54, 1.807) is 0 Å². The van der Waals surface area contributed by atoms with E-state index in [1.165, 1.54) is 0 Å². The first-order valence-corrected chi connectivity index (χ1v) is 11.6. The van der Waals surface area contributed by atoms with Crippen LogP contribution in [0.15, 0.2) is 46.9 Å². The Morgan fingerprint density at radius 3 is 2.36 bits per heavy atom. The third-order valence-corrected chi connectivity index (χ3v) is 6.82. The molecule has 7 nitrogen and oxygen atoms in total. The fraction of sp³-hybridized carbons (Fsp3) is 0.480. The molecule has 8 heteroatoms. The molecule has 0 amide bonds. The number of oxazole rings is 1. The molecule has 1 aromatic heterocycles. The summed E-state index contributed by atoms with van der Waals surface area (Å²) in [5.41, 5.74) is 2.58. The summed E-state index contributed by atoms with van der Waals surface area (Å²) in [5, 5.41) is 0. The monoisotopic (exact) mass is 450 g/mol. The molecular formula is C25H31BN2O5. The lowest BCUT2D eigenvalue weighted by Crippen LogP contribution is -2.41. The van der Waals surface area contributed by atoms with Gasteiger partial charge in [0.1, 0.15) is 17.9 Å². The third kappa shape index (κ3) is 4.66. The number of aromatic nitrogens is 1. The maximum atomic E-state index is 6.17. The van der Waals surface area contributed by atoms with E-state index in [9.17, 15) is 0 Å². The topological polar surface area (TPSA) is 66.2 Å². The van der Waals surface area contributed by atoms with E-state index in [1.807, 2.05) is 70.2 Å². The lowest BCUT2D eigenvalue weighted by Gasteiger charge is -2.32. The molecule has 33 heavy (non-hydrogen) atoms. The lowest BCUT2D eigenvalue weighted by atomic mass is 9.79. The molecule has 0 aliphatic carbocycles. The number of hydrogen-bond acceptors (Lipinski definition) is 7. The van der Waals surface area contributed by atoms with Crippen LogP contribution in [-0.2, 0) is 14.0 Å². The molecule has 2 aliphatic heterocycles. The van der Waals surface area contributed by atoms with E-state index in [-0.39, 0.29) is 11.2 Å². The first kappa shape index (κ1) is 22.4. The van der Waals surface area contributed by atoms with Crippen molar-refractivity contribution in [3.05, 3.63) is 42.5 Å². The Bertz CT molecular complexity index is 1090. The Morgan fingerprint density at radius 2 is 1.67 bits per heavy atom. The summed E-state index contributed by atoms with van der Waals surface area (Å²) in [7, 11) is -0.429. The van der Waals surface area contributed by atoms with Gasteiger partial charge in [-0.15, -0.1) is 0 Å². The van der Waals surface area contributed by atoms with Crippen LogP contribution in [0.1, 0.15) is 27.7 Å². The second-order valence-electron chi connectivity index (χ2n) is 9.66. The molecule has 3 heterocycles. The Balaban J connectivity index is 1.25. The summed E-state index contributed by atoms with van der Waals surface area (Å²) < 4.78 is 29.7. The number of fused-ring (bicyclic) bond motifs is 1. The van der Waals surface area contributed by atoms with Crippen LogP contribution in [0, 0.1) is 0 Å². The molecule has 0 spiro atoms. The van der Waals surface area contributed by atoms with Gasteiger partial charge in [0.2, 0.25) is 5.89 Å². The molecule has 2 saturated heterocycles. The van der Waals surface area contributed by atoms with Crippen LogP contribution in [0.3, 0.4) is 0 Å². The smallest absolute Gasteiger partial charge is 0.492 e. The molecule has 0 bridgehead atoms. The number of morpholine rings is 1. The zero-order chi connectivity index (χ0) is 23.1. The number of rotatable bonds is 6. The Labute approximate surface area is 195 Å². The lowest BCUT2D eigenvalue weighted by molar-refractivity contribution is 0.00578. The number of benzene rings is 2. The highest BCUT2D eigenvalue weighted by molar-refractivity contribution is 6.62. The van der Waals surface area contributed by atoms with Crippen LogP contribution in [0.5, 0.6) is 5.75 Å². The third-order valence-electron chi connectivity index (χ3n) is 6.82. The van der Waals surface area contributed by atoms with Crippen LogP contribution >= 0.6 is 0 Å². The SMILES string of the molecule is CC1(C)OB(c2ccc3nc(-c4ccc(OCCN5CCOCC5)cc4)oc3c2)OC1(C)C. The number of hydrogen-bond donors (Lipinski definition) is 0. The molecule has 0 atom stereocenters. The highest BCUT2D eigenvalue weighted by atomic mass is 16.7. The van der Waals surface area contributed by atoms with Crippen molar-refractivity contribution < 1.29 is 23.2 Å². The van der Waals surface area contributed by atoms with Crippen LogP contribution in [-0.4, -0.2) is 67.7 Å². The fourth-order valence-corrected chi connectivity index (χ4v) is 4.00. The predicted molar refractivity (Wildman–Crippen MR) is 128 cm³/mol. The zero-order valence-electron chi connectivity index (χ0n) is 19.8. The van der Waals surface area contributed by atoms with Gasteiger partial charge in [-0.1, -0.05) is 6.07 Å². The van der Waals surface area contributed by atoms with E-state index in [2.05, 4.69) is 9.88 Å². The molecule has 0 saturated carbocycles. The van der Waals surface area contributed by atoms with Gasteiger partial charge in [-0.25, -0.2) is 4.98 Å². The van der Waals surface area contributed by atoms with Crippen molar-refractivity contribution in [1.82, 2.24) is 9.88 Å². The normalized spacial score (nSPS) is 20.4. The summed E-state index contributed by atoms with van der Waals surface area (Å²) >= 11 is 0. The fourth-order valence-electron chi connectivity index (χ4n) is 4.00. The van der Waals surface area contributed by atoms with E-state index < -0.39 is 7.12 Å². The second kappa shape index (κ2) is 8.76. The largest absolute Gasteiger partial charge is 0.494 e. The van der Waals surface area contributed by atoms with Crippen LogP contribution in [0.4, 0.5) is 0 Å². The van der Waals surface area contributed by atoms with Gasteiger partial charge < -0.3 is 23.2 Å².